The van der Waals surface area contributed by atoms with Crippen LogP contribution < -0.4 is 10.2 Å². The average molecular weight is 499 g/mol. The minimum Gasteiger partial charge on any atom is -0.356 e. The zero-order chi connectivity index (χ0) is 26.3. The maximum absolute atomic E-state index is 13.3. The van der Waals surface area contributed by atoms with E-state index in [9.17, 15) is 29.8 Å². The molecule has 2 amide bonds. The van der Waals surface area contributed by atoms with Crippen molar-refractivity contribution in [2.75, 3.05) is 18.0 Å². The number of nitrogens with zero attached hydrogens (tertiary/aromatic N) is 3. The van der Waals surface area contributed by atoms with E-state index in [-0.39, 0.29) is 18.0 Å². The van der Waals surface area contributed by atoms with Crippen molar-refractivity contribution in [2.24, 2.45) is 0 Å². The van der Waals surface area contributed by atoms with Crippen molar-refractivity contribution in [3.8, 4) is 0 Å². The third kappa shape index (κ3) is 9.44. The first-order valence-corrected chi connectivity index (χ1v) is 12.4. The number of amides is 2. The summed E-state index contributed by atoms with van der Waals surface area (Å²) < 4.78 is 0. The van der Waals surface area contributed by atoms with Crippen LogP contribution >= 0.6 is 0 Å². The summed E-state index contributed by atoms with van der Waals surface area (Å²) in [5.41, 5.74) is -0.662. The standard InChI is InChI=1S/C26H34N4O6/c1-2-3-4-5-6-7-11-15-25(31)27-16-12-17-28(22-13-9-8-10-14-22)26(32)21-18-23(29(33)34)20-24(19-21)30(35)36/h8-10,13-14,18-20H,2-7,11-12,15-17H2,1H3,(H,27,31). The molecule has 0 heterocycles. The molecule has 0 spiro atoms. The van der Waals surface area contributed by atoms with E-state index in [2.05, 4.69) is 12.2 Å². The summed E-state index contributed by atoms with van der Waals surface area (Å²) in [4.78, 5) is 47.8. The van der Waals surface area contributed by atoms with Crippen LogP contribution in [0.25, 0.3) is 0 Å². The van der Waals surface area contributed by atoms with Gasteiger partial charge in [-0.25, -0.2) is 0 Å². The number of nitrogens with one attached hydrogen (secondary N) is 1. The number of carbonyl (C=O) groups excluding carboxylic acids is 2. The smallest absolute Gasteiger partial charge is 0.277 e. The number of unbranched alkanes of at least 4 members (excludes halogenated alkanes) is 6. The first-order valence-electron chi connectivity index (χ1n) is 12.4. The Morgan fingerprint density at radius 3 is 2.00 bits per heavy atom. The van der Waals surface area contributed by atoms with Gasteiger partial charge in [0.15, 0.2) is 0 Å². The monoisotopic (exact) mass is 498 g/mol. The summed E-state index contributed by atoms with van der Waals surface area (Å²) in [5.74, 6) is -0.627. The molecule has 0 unspecified atom stereocenters. The summed E-state index contributed by atoms with van der Waals surface area (Å²) in [6.07, 6.45) is 8.82. The molecule has 2 rings (SSSR count). The van der Waals surface area contributed by atoms with Gasteiger partial charge in [0.2, 0.25) is 5.91 Å². The molecule has 0 aliphatic rings. The summed E-state index contributed by atoms with van der Waals surface area (Å²) >= 11 is 0. The van der Waals surface area contributed by atoms with E-state index in [1.807, 2.05) is 0 Å². The van der Waals surface area contributed by atoms with E-state index < -0.39 is 27.1 Å². The Hall–Kier alpha value is -3.82. The molecule has 2 aromatic carbocycles. The molecule has 194 valence electrons. The van der Waals surface area contributed by atoms with Gasteiger partial charge in [-0.1, -0.05) is 63.6 Å². The van der Waals surface area contributed by atoms with Crippen molar-refractivity contribution >= 4 is 28.9 Å². The van der Waals surface area contributed by atoms with Gasteiger partial charge in [-0.2, -0.15) is 0 Å². The Bertz CT molecular complexity index is 996. The number of nitro benzene ring substituents is 2. The molecule has 0 aromatic heterocycles. The first kappa shape index (κ1) is 28.4. The number of para-hydroxylation sites is 1. The van der Waals surface area contributed by atoms with E-state index in [0.717, 1.165) is 37.5 Å². The lowest BCUT2D eigenvalue weighted by Gasteiger charge is -2.23. The molecular formula is C26H34N4O6. The van der Waals surface area contributed by atoms with Crippen molar-refractivity contribution in [1.29, 1.82) is 0 Å². The number of benzene rings is 2. The summed E-state index contributed by atoms with van der Waals surface area (Å²) in [5, 5.41) is 25.3. The molecule has 2 aromatic rings. The lowest BCUT2D eigenvalue weighted by molar-refractivity contribution is -0.394. The Balaban J connectivity index is 1.97. The summed E-state index contributed by atoms with van der Waals surface area (Å²) in [6.45, 7) is 2.76. The number of nitro groups is 2. The van der Waals surface area contributed by atoms with Crippen LogP contribution in [-0.4, -0.2) is 34.8 Å². The topological polar surface area (TPSA) is 136 Å². The van der Waals surface area contributed by atoms with Gasteiger partial charge >= 0.3 is 0 Å². The first-order chi connectivity index (χ1) is 17.3. The largest absolute Gasteiger partial charge is 0.356 e. The molecule has 10 heteroatoms. The predicted molar refractivity (Wildman–Crippen MR) is 138 cm³/mol. The predicted octanol–water partition coefficient (Wildman–Crippen LogP) is 5.80. The van der Waals surface area contributed by atoms with Crippen molar-refractivity contribution in [2.45, 2.75) is 64.7 Å². The van der Waals surface area contributed by atoms with Gasteiger partial charge < -0.3 is 10.2 Å². The van der Waals surface area contributed by atoms with Crippen LogP contribution in [-0.2, 0) is 4.79 Å². The number of hydrogen-bond acceptors (Lipinski definition) is 6. The molecule has 0 saturated heterocycles. The maximum atomic E-state index is 13.3. The SMILES string of the molecule is CCCCCCCCCC(=O)NCCCN(C(=O)c1cc([N+](=O)[O-])cc([N+](=O)[O-])c1)c1ccccc1. The van der Waals surface area contributed by atoms with Gasteiger partial charge in [-0.05, 0) is 25.0 Å². The van der Waals surface area contributed by atoms with Crippen LogP contribution in [0.2, 0.25) is 0 Å². The van der Waals surface area contributed by atoms with Crippen LogP contribution in [0.3, 0.4) is 0 Å². The maximum Gasteiger partial charge on any atom is 0.277 e. The zero-order valence-corrected chi connectivity index (χ0v) is 20.7. The molecule has 1 N–H and O–H groups in total. The highest BCUT2D eigenvalue weighted by molar-refractivity contribution is 6.06. The fraction of sp³-hybridized carbons (Fsp3) is 0.462. The number of anilines is 1. The van der Waals surface area contributed by atoms with Gasteiger partial charge in [0.05, 0.1) is 21.5 Å². The molecule has 10 nitrogen and oxygen atoms in total. The molecule has 0 atom stereocenters. The van der Waals surface area contributed by atoms with Crippen molar-refractivity contribution in [3.63, 3.8) is 0 Å². The minimum atomic E-state index is -0.766. The van der Waals surface area contributed by atoms with E-state index in [1.54, 1.807) is 30.3 Å². The van der Waals surface area contributed by atoms with Crippen molar-refractivity contribution in [3.05, 3.63) is 74.3 Å². The number of non-ortho nitro benzene ring substituents is 2. The zero-order valence-electron chi connectivity index (χ0n) is 20.7. The number of hydrogen-bond donors (Lipinski definition) is 1. The van der Waals surface area contributed by atoms with E-state index >= 15 is 0 Å². The Morgan fingerprint density at radius 2 is 1.42 bits per heavy atom. The number of carbonyl (C=O) groups is 2. The highest BCUT2D eigenvalue weighted by atomic mass is 16.6. The molecule has 0 aliphatic carbocycles. The fourth-order valence-electron chi connectivity index (χ4n) is 3.84. The quantitative estimate of drug-likeness (QED) is 0.177. The number of rotatable bonds is 16. The lowest BCUT2D eigenvalue weighted by Crippen LogP contribution is -2.34. The van der Waals surface area contributed by atoms with Crippen molar-refractivity contribution in [1.82, 2.24) is 5.32 Å². The second-order valence-corrected chi connectivity index (χ2v) is 8.62. The van der Waals surface area contributed by atoms with Gasteiger partial charge in [0.25, 0.3) is 17.3 Å². The Kier molecular flexibility index (Phi) is 12.0. The van der Waals surface area contributed by atoms with Gasteiger partial charge in [-0.15, -0.1) is 0 Å². The minimum absolute atomic E-state index is 0.0320. The normalized spacial score (nSPS) is 10.6. The molecule has 0 saturated carbocycles. The highest BCUT2D eigenvalue weighted by Crippen LogP contribution is 2.25. The second-order valence-electron chi connectivity index (χ2n) is 8.62. The van der Waals surface area contributed by atoms with E-state index in [4.69, 9.17) is 0 Å². The van der Waals surface area contributed by atoms with E-state index in [1.165, 1.54) is 30.6 Å². The molecule has 0 bridgehead atoms. The molecule has 0 fully saturated rings. The molecule has 36 heavy (non-hydrogen) atoms. The highest BCUT2D eigenvalue weighted by Gasteiger charge is 2.24. The van der Waals surface area contributed by atoms with Crippen LogP contribution in [0.5, 0.6) is 0 Å². The van der Waals surface area contributed by atoms with Gasteiger partial charge in [-0.3, -0.25) is 29.8 Å². The van der Waals surface area contributed by atoms with Gasteiger partial charge in [0.1, 0.15) is 0 Å². The molecule has 0 radical (unpaired) electrons. The van der Waals surface area contributed by atoms with Crippen molar-refractivity contribution < 1.29 is 19.4 Å². The third-order valence-corrected chi connectivity index (χ3v) is 5.77. The molecule has 0 aliphatic heterocycles. The third-order valence-electron chi connectivity index (χ3n) is 5.77. The van der Waals surface area contributed by atoms with Crippen LogP contribution in [0, 0.1) is 20.2 Å². The summed E-state index contributed by atoms with van der Waals surface area (Å²) in [7, 11) is 0. The lowest BCUT2D eigenvalue weighted by atomic mass is 10.1. The van der Waals surface area contributed by atoms with Crippen LogP contribution in [0.1, 0.15) is 75.1 Å². The average Bonchev–Trinajstić information content (AvgIpc) is 2.88. The Labute approximate surface area is 211 Å². The second kappa shape index (κ2) is 15.2. The van der Waals surface area contributed by atoms with E-state index in [0.29, 0.717) is 25.1 Å². The van der Waals surface area contributed by atoms with Crippen LogP contribution in [0.15, 0.2) is 48.5 Å². The molecular weight excluding hydrogens is 464 g/mol. The van der Waals surface area contributed by atoms with Gasteiger partial charge in [0, 0.05) is 37.3 Å². The van der Waals surface area contributed by atoms with Crippen LogP contribution in [0.4, 0.5) is 17.1 Å². The Morgan fingerprint density at radius 1 is 0.833 bits per heavy atom. The fourth-order valence-corrected chi connectivity index (χ4v) is 3.84. The summed E-state index contributed by atoms with van der Waals surface area (Å²) in [6, 6.07) is 11.6.